The van der Waals surface area contributed by atoms with Gasteiger partial charge in [0.25, 0.3) is 0 Å². The summed E-state index contributed by atoms with van der Waals surface area (Å²) in [4.78, 5) is 21.8. The lowest BCUT2D eigenvalue weighted by molar-refractivity contribution is -0.116. The Morgan fingerprint density at radius 2 is 2.30 bits per heavy atom. The Labute approximate surface area is 116 Å². The maximum absolute atomic E-state index is 11.3. The molecule has 8 nitrogen and oxygen atoms in total. The third-order valence-electron chi connectivity index (χ3n) is 2.94. The van der Waals surface area contributed by atoms with E-state index in [-0.39, 0.29) is 12.5 Å². The van der Waals surface area contributed by atoms with Crippen LogP contribution < -0.4 is 16.0 Å². The van der Waals surface area contributed by atoms with E-state index in [9.17, 15) is 4.79 Å². The van der Waals surface area contributed by atoms with Crippen molar-refractivity contribution in [3.63, 3.8) is 0 Å². The van der Waals surface area contributed by atoms with Gasteiger partial charge >= 0.3 is 0 Å². The molecule has 8 heteroatoms. The van der Waals surface area contributed by atoms with Crippen LogP contribution in [0.15, 0.2) is 6.20 Å². The number of hydrogen-bond donors (Lipinski definition) is 3. The Balaban J connectivity index is 2.44. The standard InChI is InChI=1S/C12H19N7O/c1-3-4-5-19(7-9(13)20)11-8-6-15-18-10(8)16-12(14-2)17-11/h6H,3-5,7H2,1-2H3,(H2,13,20)(H2,14,15,16,17,18). The van der Waals surface area contributed by atoms with Gasteiger partial charge in [-0.3, -0.25) is 9.89 Å². The number of aromatic amines is 1. The lowest BCUT2D eigenvalue weighted by Crippen LogP contribution is -2.35. The van der Waals surface area contributed by atoms with Gasteiger partial charge in [-0.05, 0) is 6.42 Å². The number of hydrogen-bond acceptors (Lipinski definition) is 6. The highest BCUT2D eigenvalue weighted by molar-refractivity contribution is 5.90. The van der Waals surface area contributed by atoms with Gasteiger partial charge in [0.1, 0.15) is 5.82 Å². The van der Waals surface area contributed by atoms with E-state index >= 15 is 0 Å². The predicted molar refractivity (Wildman–Crippen MR) is 77.5 cm³/mol. The second kappa shape index (κ2) is 6.18. The minimum Gasteiger partial charge on any atom is -0.368 e. The van der Waals surface area contributed by atoms with Crippen molar-refractivity contribution in [2.45, 2.75) is 19.8 Å². The molecular formula is C12H19N7O. The van der Waals surface area contributed by atoms with Crippen LogP contribution >= 0.6 is 0 Å². The summed E-state index contributed by atoms with van der Waals surface area (Å²) < 4.78 is 0. The maximum atomic E-state index is 11.3. The first-order chi connectivity index (χ1) is 9.65. The molecule has 0 spiro atoms. The minimum atomic E-state index is -0.387. The molecule has 0 saturated carbocycles. The van der Waals surface area contributed by atoms with E-state index in [2.05, 4.69) is 32.4 Å². The summed E-state index contributed by atoms with van der Waals surface area (Å²) in [5.74, 6) is 0.755. The summed E-state index contributed by atoms with van der Waals surface area (Å²) in [6.07, 6.45) is 3.63. The zero-order valence-corrected chi connectivity index (χ0v) is 11.7. The highest BCUT2D eigenvalue weighted by Gasteiger charge is 2.17. The zero-order chi connectivity index (χ0) is 14.5. The summed E-state index contributed by atoms with van der Waals surface area (Å²) in [7, 11) is 1.74. The first-order valence-corrected chi connectivity index (χ1v) is 6.57. The Morgan fingerprint density at radius 3 is 2.95 bits per heavy atom. The average Bonchev–Trinajstić information content (AvgIpc) is 2.90. The summed E-state index contributed by atoms with van der Waals surface area (Å²) >= 11 is 0. The molecule has 20 heavy (non-hydrogen) atoms. The van der Waals surface area contributed by atoms with Gasteiger partial charge in [-0.2, -0.15) is 15.1 Å². The van der Waals surface area contributed by atoms with Crippen molar-refractivity contribution < 1.29 is 4.79 Å². The molecule has 4 N–H and O–H groups in total. The molecule has 0 radical (unpaired) electrons. The van der Waals surface area contributed by atoms with Gasteiger partial charge in [-0.1, -0.05) is 13.3 Å². The van der Waals surface area contributed by atoms with Crippen LogP contribution in [0.2, 0.25) is 0 Å². The van der Waals surface area contributed by atoms with E-state index in [4.69, 9.17) is 5.73 Å². The molecular weight excluding hydrogens is 258 g/mol. The molecule has 0 aliphatic heterocycles. The van der Waals surface area contributed by atoms with Gasteiger partial charge < -0.3 is 16.0 Å². The highest BCUT2D eigenvalue weighted by Crippen LogP contribution is 2.23. The fraction of sp³-hybridized carbons (Fsp3) is 0.500. The van der Waals surface area contributed by atoms with Gasteiger partial charge in [0.05, 0.1) is 18.1 Å². The molecule has 0 atom stereocenters. The average molecular weight is 277 g/mol. The smallest absolute Gasteiger partial charge is 0.236 e. The summed E-state index contributed by atoms with van der Waals surface area (Å²) in [6.45, 7) is 2.93. The number of unbranched alkanes of at least 4 members (excludes halogenated alkanes) is 1. The number of nitrogens with one attached hydrogen (secondary N) is 2. The SMILES string of the molecule is CCCCN(CC(N)=O)c1nc(NC)nc2[nH]ncc12. The number of nitrogens with two attached hydrogens (primary N) is 1. The van der Waals surface area contributed by atoms with Crippen LogP contribution in [0, 0.1) is 0 Å². The van der Waals surface area contributed by atoms with Crippen LogP contribution in [0.3, 0.4) is 0 Å². The third-order valence-corrected chi connectivity index (χ3v) is 2.94. The van der Waals surface area contributed by atoms with Crippen LogP contribution in [0.25, 0.3) is 11.0 Å². The van der Waals surface area contributed by atoms with Crippen LogP contribution in [0.4, 0.5) is 11.8 Å². The first kappa shape index (κ1) is 14.0. The number of nitrogens with zero attached hydrogens (tertiary/aromatic N) is 4. The molecule has 0 bridgehead atoms. The van der Waals surface area contributed by atoms with Crippen molar-refractivity contribution in [3.8, 4) is 0 Å². The molecule has 0 saturated heterocycles. The lowest BCUT2D eigenvalue weighted by Gasteiger charge is -2.22. The van der Waals surface area contributed by atoms with E-state index in [1.165, 1.54) is 0 Å². The first-order valence-electron chi connectivity index (χ1n) is 6.57. The molecule has 2 heterocycles. The van der Waals surface area contributed by atoms with E-state index in [1.54, 1.807) is 13.2 Å². The largest absolute Gasteiger partial charge is 0.368 e. The van der Waals surface area contributed by atoms with Gasteiger partial charge in [0.15, 0.2) is 5.65 Å². The Hall–Kier alpha value is -2.38. The monoisotopic (exact) mass is 277 g/mol. The van der Waals surface area contributed by atoms with E-state index in [1.807, 2.05) is 4.90 Å². The molecule has 0 aliphatic carbocycles. The van der Waals surface area contributed by atoms with E-state index in [0.717, 1.165) is 18.2 Å². The molecule has 2 rings (SSSR count). The molecule has 0 unspecified atom stereocenters. The van der Waals surface area contributed by atoms with Gasteiger partial charge in [-0.15, -0.1) is 0 Å². The number of aromatic nitrogens is 4. The number of carbonyl (C=O) groups excluding carboxylic acids is 1. The van der Waals surface area contributed by atoms with Crippen molar-refractivity contribution in [3.05, 3.63) is 6.20 Å². The van der Waals surface area contributed by atoms with Crippen molar-refractivity contribution in [1.29, 1.82) is 0 Å². The van der Waals surface area contributed by atoms with Crippen molar-refractivity contribution in [2.24, 2.45) is 5.73 Å². The third kappa shape index (κ3) is 2.95. The van der Waals surface area contributed by atoms with Crippen LogP contribution in [0.5, 0.6) is 0 Å². The summed E-state index contributed by atoms with van der Waals surface area (Å²) in [5.41, 5.74) is 5.96. The number of fused-ring (bicyclic) bond motifs is 1. The van der Waals surface area contributed by atoms with Crippen LogP contribution in [-0.4, -0.2) is 46.2 Å². The lowest BCUT2D eigenvalue weighted by atomic mass is 10.3. The molecule has 1 amide bonds. The Morgan fingerprint density at radius 1 is 1.50 bits per heavy atom. The van der Waals surface area contributed by atoms with Crippen molar-refractivity contribution >= 4 is 28.7 Å². The number of anilines is 2. The number of carbonyl (C=O) groups is 1. The fourth-order valence-electron chi connectivity index (χ4n) is 1.97. The number of primary amides is 1. The molecule has 0 fully saturated rings. The quantitative estimate of drug-likeness (QED) is 0.678. The van der Waals surface area contributed by atoms with E-state index in [0.29, 0.717) is 24.0 Å². The molecule has 0 aromatic carbocycles. The fourth-order valence-corrected chi connectivity index (χ4v) is 1.97. The normalized spacial score (nSPS) is 10.7. The number of amides is 1. The zero-order valence-electron chi connectivity index (χ0n) is 11.7. The second-order valence-electron chi connectivity index (χ2n) is 4.49. The maximum Gasteiger partial charge on any atom is 0.236 e. The molecule has 0 aliphatic rings. The van der Waals surface area contributed by atoms with Crippen molar-refractivity contribution in [2.75, 3.05) is 30.4 Å². The Kier molecular flexibility index (Phi) is 4.34. The summed E-state index contributed by atoms with van der Waals surface area (Å²) in [5, 5.41) is 10.5. The topological polar surface area (TPSA) is 113 Å². The van der Waals surface area contributed by atoms with Gasteiger partial charge in [-0.25, -0.2) is 0 Å². The Bertz CT molecular complexity index is 595. The molecule has 108 valence electrons. The second-order valence-corrected chi connectivity index (χ2v) is 4.49. The predicted octanol–water partition coefficient (Wildman–Crippen LogP) is 0.486. The molecule has 2 aromatic rings. The number of H-pyrrole nitrogens is 1. The molecule has 2 aromatic heterocycles. The highest BCUT2D eigenvalue weighted by atomic mass is 16.1. The van der Waals surface area contributed by atoms with Crippen LogP contribution in [-0.2, 0) is 4.79 Å². The van der Waals surface area contributed by atoms with Gasteiger partial charge in [0, 0.05) is 13.6 Å². The van der Waals surface area contributed by atoms with Crippen molar-refractivity contribution in [1.82, 2.24) is 20.2 Å². The minimum absolute atomic E-state index is 0.125. The number of rotatable bonds is 7. The van der Waals surface area contributed by atoms with Gasteiger partial charge in [0.2, 0.25) is 11.9 Å². The summed E-state index contributed by atoms with van der Waals surface area (Å²) in [6, 6.07) is 0. The van der Waals surface area contributed by atoms with E-state index < -0.39 is 0 Å². The van der Waals surface area contributed by atoms with Crippen LogP contribution in [0.1, 0.15) is 19.8 Å².